The molecule has 1 aromatic rings. The van der Waals surface area contributed by atoms with E-state index in [9.17, 15) is 15.0 Å². The average molecular weight is 353 g/mol. The highest BCUT2D eigenvalue weighted by Crippen LogP contribution is 2.15. The molecule has 0 aromatic heterocycles. The van der Waals surface area contributed by atoms with Crippen LogP contribution in [0.4, 0.5) is 4.79 Å². The van der Waals surface area contributed by atoms with Crippen molar-refractivity contribution >= 4 is 6.03 Å². The summed E-state index contributed by atoms with van der Waals surface area (Å²) in [5.41, 5.74) is 0. The summed E-state index contributed by atoms with van der Waals surface area (Å²) in [5.74, 6) is 0.762. The number of phenols is 1. The molecule has 0 saturated carbocycles. The Labute approximate surface area is 147 Å². The number of likely N-dealkylation sites (N-methyl/N-ethyl adjacent to an activating group) is 1. The number of amides is 2. The molecule has 0 spiro atoms. The van der Waals surface area contributed by atoms with Gasteiger partial charge in [-0.15, -0.1) is 0 Å². The summed E-state index contributed by atoms with van der Waals surface area (Å²) in [7, 11) is 1.77. The molecule has 0 unspecified atom stereocenters. The molecule has 140 valence electrons. The van der Waals surface area contributed by atoms with E-state index in [0.29, 0.717) is 51.7 Å². The fourth-order valence-electron chi connectivity index (χ4n) is 2.40. The zero-order valence-corrected chi connectivity index (χ0v) is 14.6. The number of urea groups is 1. The van der Waals surface area contributed by atoms with Gasteiger partial charge in [-0.1, -0.05) is 0 Å². The Morgan fingerprint density at radius 3 is 2.72 bits per heavy atom. The Morgan fingerprint density at radius 1 is 1.36 bits per heavy atom. The molecular formula is C17H27N3O5. The maximum atomic E-state index is 12.2. The lowest BCUT2D eigenvalue weighted by Crippen LogP contribution is -2.48. The maximum absolute atomic E-state index is 12.2. The smallest absolute Gasteiger partial charge is 0.319 e. The van der Waals surface area contributed by atoms with Gasteiger partial charge in [0.2, 0.25) is 0 Å². The van der Waals surface area contributed by atoms with Crippen molar-refractivity contribution in [2.24, 2.45) is 0 Å². The van der Waals surface area contributed by atoms with Gasteiger partial charge >= 0.3 is 6.03 Å². The van der Waals surface area contributed by atoms with Crippen molar-refractivity contribution in [2.45, 2.75) is 6.10 Å². The number of carbonyl (C=O) groups excluding carboxylic acids is 1. The van der Waals surface area contributed by atoms with Gasteiger partial charge in [-0.2, -0.15) is 0 Å². The van der Waals surface area contributed by atoms with E-state index in [0.717, 1.165) is 0 Å². The number of rotatable bonds is 8. The number of hydrogen-bond donors (Lipinski definition) is 3. The van der Waals surface area contributed by atoms with Gasteiger partial charge in [0, 0.05) is 39.8 Å². The van der Waals surface area contributed by atoms with Crippen LogP contribution in [0.3, 0.4) is 0 Å². The van der Waals surface area contributed by atoms with Gasteiger partial charge in [-0.05, 0) is 24.3 Å². The third-order valence-corrected chi connectivity index (χ3v) is 3.89. The van der Waals surface area contributed by atoms with E-state index in [-0.39, 0.29) is 18.4 Å². The highest BCUT2D eigenvalue weighted by atomic mass is 16.5. The second-order valence-corrected chi connectivity index (χ2v) is 5.97. The van der Waals surface area contributed by atoms with Crippen LogP contribution in [0.15, 0.2) is 24.3 Å². The number of phenolic OH excluding ortho intramolecular Hbond substituents is 1. The van der Waals surface area contributed by atoms with Crippen LogP contribution in [-0.4, -0.2) is 91.7 Å². The summed E-state index contributed by atoms with van der Waals surface area (Å²) < 4.78 is 10.7. The summed E-state index contributed by atoms with van der Waals surface area (Å²) in [5, 5.41) is 22.2. The molecule has 1 fully saturated rings. The van der Waals surface area contributed by atoms with E-state index in [1.54, 1.807) is 29.0 Å². The molecule has 2 rings (SSSR count). The largest absolute Gasteiger partial charge is 0.508 e. The maximum Gasteiger partial charge on any atom is 0.319 e. The molecule has 1 aliphatic heterocycles. The summed E-state index contributed by atoms with van der Waals surface area (Å²) in [6, 6.07) is 6.34. The predicted octanol–water partition coefficient (Wildman–Crippen LogP) is 0.106. The molecule has 2 amide bonds. The molecule has 1 atom stereocenters. The summed E-state index contributed by atoms with van der Waals surface area (Å²) in [4.78, 5) is 15.6. The van der Waals surface area contributed by atoms with E-state index < -0.39 is 6.10 Å². The number of ether oxygens (including phenoxy) is 2. The van der Waals surface area contributed by atoms with Crippen molar-refractivity contribution in [1.82, 2.24) is 15.1 Å². The minimum Gasteiger partial charge on any atom is -0.508 e. The van der Waals surface area contributed by atoms with Gasteiger partial charge in [0.25, 0.3) is 0 Å². The first-order chi connectivity index (χ1) is 12.1. The van der Waals surface area contributed by atoms with Gasteiger partial charge < -0.3 is 34.8 Å². The fourth-order valence-corrected chi connectivity index (χ4v) is 2.40. The molecule has 0 bridgehead atoms. The third-order valence-electron chi connectivity index (χ3n) is 3.89. The molecule has 8 heteroatoms. The highest BCUT2D eigenvalue weighted by Gasteiger charge is 2.19. The van der Waals surface area contributed by atoms with Crippen LogP contribution in [0.25, 0.3) is 0 Å². The average Bonchev–Trinajstić information content (AvgIpc) is 2.64. The Morgan fingerprint density at radius 2 is 2.04 bits per heavy atom. The molecule has 0 radical (unpaired) electrons. The van der Waals surface area contributed by atoms with E-state index in [1.165, 1.54) is 12.1 Å². The molecule has 8 nitrogen and oxygen atoms in total. The van der Waals surface area contributed by atoms with Crippen LogP contribution in [0.2, 0.25) is 0 Å². The molecular weight excluding hydrogens is 326 g/mol. The first kappa shape index (κ1) is 19.3. The van der Waals surface area contributed by atoms with Crippen molar-refractivity contribution in [2.75, 3.05) is 59.6 Å². The van der Waals surface area contributed by atoms with E-state index in [1.807, 2.05) is 0 Å². The minimum atomic E-state index is -0.658. The summed E-state index contributed by atoms with van der Waals surface area (Å²) in [6.07, 6.45) is -0.658. The SMILES string of the molecule is CN(CCNC[C@H](O)COc1ccc(O)cc1)C(=O)N1CCOCC1. The Balaban J connectivity index is 1.56. The van der Waals surface area contributed by atoms with E-state index in [2.05, 4.69) is 5.32 Å². The topological polar surface area (TPSA) is 94.5 Å². The summed E-state index contributed by atoms with van der Waals surface area (Å²) in [6.45, 7) is 4.10. The van der Waals surface area contributed by atoms with Gasteiger partial charge in [0.15, 0.2) is 0 Å². The quantitative estimate of drug-likeness (QED) is 0.574. The Kier molecular flexibility index (Phi) is 7.77. The number of aliphatic hydroxyl groups is 1. The van der Waals surface area contributed by atoms with Gasteiger partial charge in [-0.25, -0.2) is 4.79 Å². The molecule has 0 aliphatic carbocycles. The number of hydrogen-bond acceptors (Lipinski definition) is 6. The van der Waals surface area contributed by atoms with Crippen LogP contribution >= 0.6 is 0 Å². The molecule has 1 saturated heterocycles. The lowest BCUT2D eigenvalue weighted by Gasteiger charge is -2.31. The number of benzene rings is 1. The highest BCUT2D eigenvalue weighted by molar-refractivity contribution is 5.74. The molecule has 25 heavy (non-hydrogen) atoms. The summed E-state index contributed by atoms with van der Waals surface area (Å²) >= 11 is 0. The van der Waals surface area contributed by atoms with E-state index >= 15 is 0 Å². The Bertz CT molecular complexity index is 520. The fraction of sp³-hybridized carbons (Fsp3) is 0.588. The number of nitrogens with zero attached hydrogens (tertiary/aromatic N) is 2. The van der Waals surface area contributed by atoms with Crippen molar-refractivity contribution < 1.29 is 24.5 Å². The van der Waals surface area contributed by atoms with Crippen LogP contribution in [0.5, 0.6) is 11.5 Å². The number of aromatic hydroxyl groups is 1. The predicted molar refractivity (Wildman–Crippen MR) is 92.9 cm³/mol. The third kappa shape index (κ3) is 6.77. The molecule has 1 aromatic carbocycles. The molecule has 1 heterocycles. The normalized spacial score (nSPS) is 15.7. The number of nitrogens with one attached hydrogen (secondary N) is 1. The first-order valence-electron chi connectivity index (χ1n) is 8.44. The Hall–Kier alpha value is -2.03. The molecule has 1 aliphatic rings. The zero-order chi connectivity index (χ0) is 18.1. The first-order valence-corrected chi connectivity index (χ1v) is 8.44. The lowest BCUT2D eigenvalue weighted by atomic mass is 10.3. The van der Waals surface area contributed by atoms with Crippen molar-refractivity contribution in [3.63, 3.8) is 0 Å². The van der Waals surface area contributed by atoms with Gasteiger partial charge in [-0.3, -0.25) is 0 Å². The number of morpholine rings is 1. The van der Waals surface area contributed by atoms with Crippen molar-refractivity contribution in [1.29, 1.82) is 0 Å². The van der Waals surface area contributed by atoms with Crippen molar-refractivity contribution in [3.8, 4) is 11.5 Å². The lowest BCUT2D eigenvalue weighted by molar-refractivity contribution is 0.0453. The molecule has 3 N–H and O–H groups in total. The second kappa shape index (κ2) is 10.1. The van der Waals surface area contributed by atoms with E-state index in [4.69, 9.17) is 9.47 Å². The number of aliphatic hydroxyl groups excluding tert-OH is 1. The van der Waals surface area contributed by atoms with Gasteiger partial charge in [0.05, 0.1) is 13.2 Å². The van der Waals surface area contributed by atoms with Crippen LogP contribution < -0.4 is 10.1 Å². The number of carbonyl (C=O) groups is 1. The second-order valence-electron chi connectivity index (χ2n) is 5.97. The van der Waals surface area contributed by atoms with Gasteiger partial charge in [0.1, 0.15) is 24.2 Å². The monoisotopic (exact) mass is 353 g/mol. The van der Waals surface area contributed by atoms with Crippen LogP contribution in [0.1, 0.15) is 0 Å². The van der Waals surface area contributed by atoms with Crippen molar-refractivity contribution in [3.05, 3.63) is 24.3 Å². The standard InChI is InChI=1S/C17H27N3O5/c1-19(17(23)20-8-10-24-11-9-20)7-6-18-12-15(22)13-25-16-4-2-14(21)3-5-16/h2-5,15,18,21-22H,6-13H2,1H3/t15-/m0/s1. The minimum absolute atomic E-state index is 0.00121. The van der Waals surface area contributed by atoms with Crippen LogP contribution in [-0.2, 0) is 4.74 Å². The van der Waals surface area contributed by atoms with Crippen LogP contribution in [0, 0.1) is 0 Å². The zero-order valence-electron chi connectivity index (χ0n) is 14.6.